The Kier molecular flexibility index (Phi) is 4.53. The summed E-state index contributed by atoms with van der Waals surface area (Å²) < 4.78 is 38.0. The number of rotatable bonds is 3. The van der Waals surface area contributed by atoms with E-state index in [1.807, 2.05) is 7.05 Å². The second-order valence-electron chi connectivity index (χ2n) is 5.25. The summed E-state index contributed by atoms with van der Waals surface area (Å²) in [5.74, 6) is -1.33. The first-order valence-electron chi connectivity index (χ1n) is 6.61. The minimum atomic E-state index is -4.53. The lowest BCUT2D eigenvalue weighted by molar-refractivity contribution is -0.137. The lowest BCUT2D eigenvalue weighted by Crippen LogP contribution is -2.44. The fourth-order valence-electron chi connectivity index (χ4n) is 2.34. The summed E-state index contributed by atoms with van der Waals surface area (Å²) in [7, 11) is 2.00. The Balaban J connectivity index is 2.21. The first-order chi connectivity index (χ1) is 9.77. The molecule has 0 aromatic heterocycles. The van der Waals surface area contributed by atoms with E-state index in [4.69, 9.17) is 5.11 Å². The van der Waals surface area contributed by atoms with Crippen molar-refractivity contribution in [2.75, 3.05) is 33.2 Å². The predicted octanol–water partition coefficient (Wildman–Crippen LogP) is 2.15. The van der Waals surface area contributed by atoms with Crippen molar-refractivity contribution in [3.8, 4) is 0 Å². The average molecular weight is 302 g/mol. The molecule has 0 bridgehead atoms. The third-order valence-electron chi connectivity index (χ3n) is 3.66. The number of alkyl halides is 3. The van der Waals surface area contributed by atoms with Gasteiger partial charge in [0.2, 0.25) is 0 Å². The van der Waals surface area contributed by atoms with Crippen molar-refractivity contribution < 1.29 is 23.1 Å². The molecule has 0 radical (unpaired) electrons. The molecule has 7 heteroatoms. The minimum Gasteiger partial charge on any atom is -0.478 e. The molecular weight excluding hydrogens is 285 g/mol. The minimum absolute atomic E-state index is 0.274. The van der Waals surface area contributed by atoms with Crippen LogP contribution in [0.25, 0.3) is 0 Å². The van der Waals surface area contributed by atoms with Crippen LogP contribution < -0.4 is 0 Å². The van der Waals surface area contributed by atoms with Gasteiger partial charge in [0.1, 0.15) is 0 Å². The predicted molar refractivity (Wildman–Crippen MR) is 71.2 cm³/mol. The van der Waals surface area contributed by atoms with Gasteiger partial charge in [-0.3, -0.25) is 4.90 Å². The zero-order valence-electron chi connectivity index (χ0n) is 11.7. The molecule has 1 N–H and O–H groups in total. The molecule has 0 amide bonds. The molecule has 0 saturated carbocycles. The van der Waals surface area contributed by atoms with E-state index in [-0.39, 0.29) is 5.56 Å². The fourth-order valence-corrected chi connectivity index (χ4v) is 2.34. The van der Waals surface area contributed by atoms with Gasteiger partial charge < -0.3 is 10.0 Å². The van der Waals surface area contributed by atoms with Gasteiger partial charge in [-0.15, -0.1) is 0 Å². The van der Waals surface area contributed by atoms with E-state index in [1.54, 1.807) is 0 Å². The fraction of sp³-hybridized carbons (Fsp3) is 0.500. The number of benzene rings is 1. The standard InChI is InChI=1S/C14H17F3N2O2/c1-18-4-6-19(7-5-18)9-10-2-3-11(14(15,16)17)8-12(10)13(20)21/h2-3,8H,4-7,9H2,1H3,(H,20,21). The largest absolute Gasteiger partial charge is 0.478 e. The van der Waals surface area contributed by atoms with Crippen LogP contribution in [0, 0.1) is 0 Å². The highest BCUT2D eigenvalue weighted by atomic mass is 19.4. The summed E-state index contributed by atoms with van der Waals surface area (Å²) in [6, 6.07) is 2.93. The molecule has 116 valence electrons. The summed E-state index contributed by atoms with van der Waals surface area (Å²) >= 11 is 0. The molecular formula is C14H17F3N2O2. The van der Waals surface area contributed by atoms with Gasteiger partial charge in [-0.2, -0.15) is 13.2 Å². The normalized spacial score (nSPS) is 17.9. The quantitative estimate of drug-likeness (QED) is 0.929. The van der Waals surface area contributed by atoms with E-state index in [2.05, 4.69) is 9.80 Å². The Bertz CT molecular complexity index is 523. The van der Waals surface area contributed by atoms with Crippen LogP contribution in [0.3, 0.4) is 0 Å². The number of halogens is 3. The average Bonchev–Trinajstić information content (AvgIpc) is 2.40. The lowest BCUT2D eigenvalue weighted by Gasteiger charge is -2.32. The molecule has 1 aliphatic rings. The first kappa shape index (κ1) is 15.8. The Morgan fingerprint density at radius 1 is 1.24 bits per heavy atom. The first-order valence-corrected chi connectivity index (χ1v) is 6.61. The smallest absolute Gasteiger partial charge is 0.416 e. The maximum absolute atomic E-state index is 12.7. The van der Waals surface area contributed by atoms with Crippen LogP contribution in [0.4, 0.5) is 13.2 Å². The zero-order valence-corrected chi connectivity index (χ0v) is 11.7. The maximum Gasteiger partial charge on any atom is 0.416 e. The Hall–Kier alpha value is -1.60. The van der Waals surface area contributed by atoms with Crippen LogP contribution >= 0.6 is 0 Å². The molecule has 0 unspecified atom stereocenters. The molecule has 1 fully saturated rings. The van der Waals surface area contributed by atoms with Gasteiger partial charge in [0.05, 0.1) is 11.1 Å². The van der Waals surface area contributed by atoms with E-state index >= 15 is 0 Å². The highest BCUT2D eigenvalue weighted by Gasteiger charge is 2.32. The Morgan fingerprint density at radius 2 is 1.86 bits per heavy atom. The highest BCUT2D eigenvalue weighted by molar-refractivity contribution is 5.89. The molecule has 1 saturated heterocycles. The van der Waals surface area contributed by atoms with Gasteiger partial charge in [0, 0.05) is 32.7 Å². The summed E-state index contributed by atoms with van der Waals surface area (Å²) in [5.41, 5.74) is -0.786. The number of aromatic carboxylic acids is 1. The Morgan fingerprint density at radius 3 is 2.38 bits per heavy atom. The number of likely N-dealkylation sites (N-methyl/N-ethyl adjacent to an activating group) is 1. The van der Waals surface area contributed by atoms with Crippen LogP contribution in [0.15, 0.2) is 18.2 Å². The number of hydrogen-bond donors (Lipinski definition) is 1. The van der Waals surface area contributed by atoms with Gasteiger partial charge >= 0.3 is 12.1 Å². The van der Waals surface area contributed by atoms with Crippen molar-refractivity contribution >= 4 is 5.97 Å². The number of piperazine rings is 1. The second kappa shape index (κ2) is 6.03. The van der Waals surface area contributed by atoms with Crippen molar-refractivity contribution in [1.82, 2.24) is 9.80 Å². The van der Waals surface area contributed by atoms with Crippen LogP contribution in [0.1, 0.15) is 21.5 Å². The maximum atomic E-state index is 12.7. The molecule has 1 aromatic carbocycles. The van der Waals surface area contributed by atoms with Crippen LogP contribution in [0.5, 0.6) is 0 Å². The molecule has 4 nitrogen and oxygen atoms in total. The van der Waals surface area contributed by atoms with E-state index < -0.39 is 17.7 Å². The van der Waals surface area contributed by atoms with E-state index in [9.17, 15) is 18.0 Å². The SMILES string of the molecule is CN1CCN(Cc2ccc(C(F)(F)F)cc2C(=O)O)CC1. The van der Waals surface area contributed by atoms with Gasteiger partial charge in [0.25, 0.3) is 0 Å². The number of hydrogen-bond acceptors (Lipinski definition) is 3. The summed E-state index contributed by atoms with van der Waals surface area (Å²) in [5, 5.41) is 9.13. The van der Waals surface area contributed by atoms with Crippen molar-refractivity contribution in [2.24, 2.45) is 0 Å². The summed E-state index contributed by atoms with van der Waals surface area (Å²) in [6.07, 6.45) is -4.53. The van der Waals surface area contributed by atoms with E-state index in [0.717, 1.165) is 32.2 Å². The lowest BCUT2D eigenvalue weighted by atomic mass is 10.0. The van der Waals surface area contributed by atoms with Crippen molar-refractivity contribution in [1.29, 1.82) is 0 Å². The second-order valence-corrected chi connectivity index (χ2v) is 5.25. The molecule has 1 aromatic rings. The molecule has 1 aliphatic heterocycles. The highest BCUT2D eigenvalue weighted by Crippen LogP contribution is 2.31. The Labute approximate surface area is 120 Å². The molecule has 0 spiro atoms. The van der Waals surface area contributed by atoms with E-state index in [1.165, 1.54) is 6.07 Å². The molecule has 1 heterocycles. The number of carboxylic acid groups (broad SMARTS) is 1. The number of carboxylic acids is 1. The number of carbonyl (C=O) groups is 1. The molecule has 21 heavy (non-hydrogen) atoms. The van der Waals surface area contributed by atoms with Crippen LogP contribution in [0.2, 0.25) is 0 Å². The summed E-state index contributed by atoms with van der Waals surface area (Å²) in [4.78, 5) is 15.4. The molecule has 0 atom stereocenters. The van der Waals surface area contributed by atoms with Crippen molar-refractivity contribution in [2.45, 2.75) is 12.7 Å². The zero-order chi connectivity index (χ0) is 15.6. The van der Waals surface area contributed by atoms with Gasteiger partial charge in [-0.1, -0.05) is 6.07 Å². The van der Waals surface area contributed by atoms with E-state index in [0.29, 0.717) is 18.2 Å². The van der Waals surface area contributed by atoms with Gasteiger partial charge in [0.15, 0.2) is 0 Å². The van der Waals surface area contributed by atoms with Crippen LogP contribution in [-0.2, 0) is 12.7 Å². The monoisotopic (exact) mass is 302 g/mol. The topological polar surface area (TPSA) is 43.8 Å². The molecule has 2 rings (SSSR count). The van der Waals surface area contributed by atoms with Crippen molar-refractivity contribution in [3.63, 3.8) is 0 Å². The molecule has 0 aliphatic carbocycles. The van der Waals surface area contributed by atoms with Crippen LogP contribution in [-0.4, -0.2) is 54.1 Å². The summed E-state index contributed by atoms with van der Waals surface area (Å²) in [6.45, 7) is 3.63. The third-order valence-corrected chi connectivity index (χ3v) is 3.66. The number of nitrogens with zero attached hydrogens (tertiary/aromatic N) is 2. The van der Waals surface area contributed by atoms with Gasteiger partial charge in [-0.25, -0.2) is 4.79 Å². The van der Waals surface area contributed by atoms with Crippen molar-refractivity contribution in [3.05, 3.63) is 34.9 Å². The third kappa shape index (κ3) is 3.95. The van der Waals surface area contributed by atoms with Gasteiger partial charge in [-0.05, 0) is 24.7 Å².